The second-order valence-electron chi connectivity index (χ2n) is 7.74. The molecule has 0 aliphatic heterocycles. The van der Waals surface area contributed by atoms with Gasteiger partial charge in [-0.2, -0.15) is 0 Å². The van der Waals surface area contributed by atoms with E-state index >= 15 is 0 Å². The van der Waals surface area contributed by atoms with Crippen LogP contribution in [0, 0.1) is 6.92 Å². The first kappa shape index (κ1) is 20.7. The van der Waals surface area contributed by atoms with E-state index in [2.05, 4.69) is 36.3 Å². The Morgan fingerprint density at radius 2 is 1.94 bits per heavy atom. The molecule has 31 heavy (non-hydrogen) atoms. The Kier molecular flexibility index (Phi) is 6.03. The molecule has 158 valence electrons. The summed E-state index contributed by atoms with van der Waals surface area (Å²) in [6.45, 7) is 6.27. The number of oxazole rings is 1. The Balaban J connectivity index is 1.47. The second kappa shape index (κ2) is 9.04. The van der Waals surface area contributed by atoms with Crippen molar-refractivity contribution in [1.29, 1.82) is 0 Å². The Labute approximate surface area is 182 Å². The number of hydrogen-bond acceptors (Lipinski definition) is 4. The Morgan fingerprint density at radius 3 is 2.74 bits per heavy atom. The third-order valence-corrected chi connectivity index (χ3v) is 5.44. The van der Waals surface area contributed by atoms with Crippen molar-refractivity contribution in [3.63, 3.8) is 0 Å². The van der Waals surface area contributed by atoms with Crippen LogP contribution in [0.5, 0.6) is 5.75 Å². The summed E-state index contributed by atoms with van der Waals surface area (Å²) in [5.74, 6) is 1.49. The van der Waals surface area contributed by atoms with Gasteiger partial charge in [-0.3, -0.25) is 4.79 Å². The van der Waals surface area contributed by atoms with E-state index in [1.165, 1.54) is 5.56 Å². The normalized spacial score (nSPS) is 12.0. The maximum absolute atomic E-state index is 12.3. The van der Waals surface area contributed by atoms with Gasteiger partial charge in [0.15, 0.2) is 12.2 Å². The molecule has 1 unspecified atom stereocenters. The van der Waals surface area contributed by atoms with E-state index in [1.54, 1.807) is 0 Å². The van der Waals surface area contributed by atoms with Crippen LogP contribution in [0.3, 0.4) is 0 Å². The van der Waals surface area contributed by atoms with Gasteiger partial charge in [-0.05, 0) is 66.8 Å². The van der Waals surface area contributed by atoms with Crippen LogP contribution in [0.25, 0.3) is 22.6 Å². The number of carbonyl (C=O) groups excluding carboxylic acids is 1. The van der Waals surface area contributed by atoms with E-state index in [9.17, 15) is 4.79 Å². The molecule has 4 aromatic rings. The molecule has 0 fully saturated rings. The lowest BCUT2D eigenvalue weighted by atomic mass is 9.98. The average Bonchev–Trinajstić information content (AvgIpc) is 3.22. The highest BCUT2D eigenvalue weighted by molar-refractivity contribution is 5.92. The molecule has 5 heteroatoms. The van der Waals surface area contributed by atoms with Gasteiger partial charge in [0.25, 0.3) is 5.91 Å². The average molecular weight is 415 g/mol. The second-order valence-corrected chi connectivity index (χ2v) is 7.74. The van der Waals surface area contributed by atoms with Gasteiger partial charge in [-0.1, -0.05) is 44.2 Å². The zero-order chi connectivity index (χ0) is 21.8. The molecule has 0 spiro atoms. The van der Waals surface area contributed by atoms with Gasteiger partial charge in [0, 0.05) is 11.3 Å². The van der Waals surface area contributed by atoms with Gasteiger partial charge in [0.05, 0.1) is 0 Å². The number of aromatic nitrogens is 1. The summed E-state index contributed by atoms with van der Waals surface area (Å²) in [5, 5.41) is 2.87. The third kappa shape index (κ3) is 4.77. The monoisotopic (exact) mass is 414 g/mol. The van der Waals surface area contributed by atoms with Crippen LogP contribution in [0.15, 0.2) is 71.1 Å². The molecule has 0 aliphatic rings. The predicted octanol–water partition coefficient (Wildman–Crippen LogP) is 6.33. The van der Waals surface area contributed by atoms with Crippen LogP contribution in [0.1, 0.15) is 37.3 Å². The summed E-state index contributed by atoms with van der Waals surface area (Å²) in [4.78, 5) is 17.0. The Hall–Kier alpha value is -3.60. The third-order valence-electron chi connectivity index (χ3n) is 5.44. The molecule has 0 aliphatic carbocycles. The highest BCUT2D eigenvalue weighted by Crippen LogP contribution is 2.29. The zero-order valence-electron chi connectivity index (χ0n) is 18.0. The first-order valence-electron chi connectivity index (χ1n) is 10.5. The van der Waals surface area contributed by atoms with Gasteiger partial charge in [-0.25, -0.2) is 4.98 Å². The predicted molar refractivity (Wildman–Crippen MR) is 123 cm³/mol. The van der Waals surface area contributed by atoms with E-state index in [0.29, 0.717) is 23.2 Å². The van der Waals surface area contributed by atoms with Gasteiger partial charge in [-0.15, -0.1) is 0 Å². The number of benzene rings is 3. The summed E-state index contributed by atoms with van der Waals surface area (Å²) in [6, 6.07) is 21.2. The van der Waals surface area contributed by atoms with Gasteiger partial charge in [0.1, 0.15) is 11.3 Å². The number of para-hydroxylation sites is 1. The summed E-state index contributed by atoms with van der Waals surface area (Å²) >= 11 is 0. The molecule has 1 aromatic heterocycles. The Morgan fingerprint density at radius 1 is 1.10 bits per heavy atom. The van der Waals surface area contributed by atoms with Crippen molar-refractivity contribution in [3.8, 4) is 17.2 Å². The lowest BCUT2D eigenvalue weighted by Gasteiger charge is -2.09. The molecule has 1 N–H and O–H groups in total. The SMILES string of the molecule is CCC(C)c1ccc2oc(-c3cccc(NC(=O)COc4ccccc4C)c3)nc2c1. The quantitative estimate of drug-likeness (QED) is 0.383. The molecule has 3 aromatic carbocycles. The maximum atomic E-state index is 12.3. The highest BCUT2D eigenvalue weighted by atomic mass is 16.5. The zero-order valence-corrected chi connectivity index (χ0v) is 18.0. The first-order chi connectivity index (χ1) is 15.0. The van der Waals surface area contributed by atoms with Crippen LogP contribution >= 0.6 is 0 Å². The van der Waals surface area contributed by atoms with Crippen LogP contribution in [-0.2, 0) is 4.79 Å². The smallest absolute Gasteiger partial charge is 0.262 e. The fourth-order valence-electron chi connectivity index (χ4n) is 3.40. The van der Waals surface area contributed by atoms with E-state index in [1.807, 2.05) is 61.5 Å². The number of ether oxygens (including phenoxy) is 1. The van der Waals surface area contributed by atoms with Gasteiger partial charge >= 0.3 is 0 Å². The van der Waals surface area contributed by atoms with Crippen LogP contribution < -0.4 is 10.1 Å². The molecule has 5 nitrogen and oxygen atoms in total. The molecular weight excluding hydrogens is 388 g/mol. The minimum atomic E-state index is -0.226. The topological polar surface area (TPSA) is 64.4 Å². The minimum absolute atomic E-state index is 0.0592. The van der Waals surface area contributed by atoms with Crippen LogP contribution in [0.2, 0.25) is 0 Å². The molecular formula is C26H26N2O3. The molecule has 1 heterocycles. The number of nitrogens with zero attached hydrogens (tertiary/aromatic N) is 1. The van der Waals surface area contributed by atoms with E-state index < -0.39 is 0 Å². The van der Waals surface area contributed by atoms with Gasteiger partial charge < -0.3 is 14.5 Å². The van der Waals surface area contributed by atoms with E-state index in [-0.39, 0.29) is 12.5 Å². The van der Waals surface area contributed by atoms with Gasteiger partial charge in [0.2, 0.25) is 5.89 Å². The molecule has 1 atom stereocenters. The number of anilines is 1. The summed E-state index contributed by atoms with van der Waals surface area (Å²) in [7, 11) is 0. The first-order valence-corrected chi connectivity index (χ1v) is 10.5. The molecule has 4 rings (SSSR count). The minimum Gasteiger partial charge on any atom is -0.483 e. The molecule has 0 radical (unpaired) electrons. The lowest BCUT2D eigenvalue weighted by Crippen LogP contribution is -2.20. The molecule has 0 bridgehead atoms. The number of amides is 1. The number of aryl methyl sites for hydroxylation is 1. The largest absolute Gasteiger partial charge is 0.483 e. The number of nitrogens with one attached hydrogen (secondary N) is 1. The van der Waals surface area contributed by atoms with Crippen molar-refractivity contribution in [2.75, 3.05) is 11.9 Å². The summed E-state index contributed by atoms with van der Waals surface area (Å²) in [6.07, 6.45) is 1.07. The van der Waals surface area contributed by atoms with Crippen molar-refractivity contribution in [3.05, 3.63) is 77.9 Å². The van der Waals surface area contributed by atoms with E-state index in [0.717, 1.165) is 28.6 Å². The molecule has 0 saturated carbocycles. The number of rotatable bonds is 7. The molecule has 0 saturated heterocycles. The fourth-order valence-corrected chi connectivity index (χ4v) is 3.40. The number of fused-ring (bicyclic) bond motifs is 1. The number of hydrogen-bond donors (Lipinski definition) is 1. The number of carbonyl (C=O) groups is 1. The van der Waals surface area contributed by atoms with Crippen molar-refractivity contribution in [2.24, 2.45) is 0 Å². The van der Waals surface area contributed by atoms with Crippen molar-refractivity contribution in [1.82, 2.24) is 4.98 Å². The summed E-state index contributed by atoms with van der Waals surface area (Å²) < 4.78 is 11.6. The maximum Gasteiger partial charge on any atom is 0.262 e. The van der Waals surface area contributed by atoms with E-state index in [4.69, 9.17) is 9.15 Å². The summed E-state index contributed by atoms with van der Waals surface area (Å²) in [5.41, 5.74) is 5.31. The lowest BCUT2D eigenvalue weighted by molar-refractivity contribution is -0.118. The fraction of sp³-hybridized carbons (Fsp3) is 0.231. The van der Waals surface area contributed by atoms with Crippen LogP contribution in [0.4, 0.5) is 5.69 Å². The highest BCUT2D eigenvalue weighted by Gasteiger charge is 2.12. The van der Waals surface area contributed by atoms with Crippen molar-refractivity contribution in [2.45, 2.75) is 33.1 Å². The standard InChI is InChI=1S/C26H26N2O3/c1-4-17(2)19-12-13-24-22(15-19)28-26(31-24)20-9-7-10-21(14-20)27-25(29)16-30-23-11-6-5-8-18(23)3/h5-15,17H,4,16H2,1-3H3,(H,27,29). The van der Waals surface area contributed by atoms with Crippen molar-refractivity contribution >= 4 is 22.7 Å². The Bertz CT molecular complexity index is 1210. The van der Waals surface area contributed by atoms with Crippen LogP contribution in [-0.4, -0.2) is 17.5 Å². The molecule has 1 amide bonds. The van der Waals surface area contributed by atoms with Crippen molar-refractivity contribution < 1.29 is 13.9 Å².